The summed E-state index contributed by atoms with van der Waals surface area (Å²) >= 11 is 11.1. The van der Waals surface area contributed by atoms with Gasteiger partial charge in [-0.15, -0.1) is 11.6 Å². The van der Waals surface area contributed by atoms with Crippen LogP contribution in [0.2, 0.25) is 5.02 Å². The third-order valence-electron chi connectivity index (χ3n) is 1.49. The molecule has 0 heterocycles. The monoisotopic (exact) mass is 204 g/mol. The average Bonchev–Trinajstić information content (AvgIpc) is 2.08. The summed E-state index contributed by atoms with van der Waals surface area (Å²) in [5.74, 6) is -0.107. The van der Waals surface area contributed by atoms with Gasteiger partial charge in [-0.25, -0.2) is 4.39 Å². The Balaban J connectivity index is 3.05. The highest BCUT2D eigenvalue weighted by atomic mass is 35.5. The van der Waals surface area contributed by atoms with E-state index in [-0.39, 0.29) is 5.02 Å². The zero-order valence-electron chi connectivity index (χ0n) is 6.28. The van der Waals surface area contributed by atoms with Crippen molar-refractivity contribution >= 4 is 28.8 Å². The second-order valence-electron chi connectivity index (χ2n) is 2.37. The first kappa shape index (κ1) is 9.56. The predicted octanol–water partition coefficient (Wildman–Crippen LogP) is 3.73. The molecule has 0 atom stereocenters. The highest BCUT2D eigenvalue weighted by Gasteiger charge is 2.02. The molecule has 0 bridgehead atoms. The molecule has 0 nitrogen and oxygen atoms in total. The van der Waals surface area contributed by atoms with Crippen molar-refractivity contribution in [1.29, 1.82) is 0 Å². The SMILES string of the molecule is C=C(CCl)c1ccc(F)c(Cl)c1. The molecule has 0 saturated heterocycles. The number of benzene rings is 1. The quantitative estimate of drug-likeness (QED) is 0.645. The highest BCUT2D eigenvalue weighted by molar-refractivity contribution is 6.31. The first-order valence-corrected chi connectivity index (χ1v) is 4.25. The van der Waals surface area contributed by atoms with E-state index in [1.54, 1.807) is 6.07 Å². The van der Waals surface area contributed by atoms with E-state index in [0.717, 1.165) is 11.1 Å². The van der Waals surface area contributed by atoms with Crippen LogP contribution < -0.4 is 0 Å². The number of alkyl halides is 1. The molecule has 0 unspecified atom stereocenters. The third-order valence-corrected chi connectivity index (χ3v) is 2.10. The first-order valence-electron chi connectivity index (χ1n) is 3.34. The van der Waals surface area contributed by atoms with Crippen molar-refractivity contribution in [3.63, 3.8) is 0 Å². The summed E-state index contributed by atoms with van der Waals surface area (Å²) in [5.41, 5.74) is 1.51. The van der Waals surface area contributed by atoms with Gasteiger partial charge in [0.15, 0.2) is 0 Å². The topological polar surface area (TPSA) is 0 Å². The summed E-state index contributed by atoms with van der Waals surface area (Å²) in [5, 5.41) is 0.0961. The summed E-state index contributed by atoms with van der Waals surface area (Å²) in [6.07, 6.45) is 0. The highest BCUT2D eigenvalue weighted by Crippen LogP contribution is 2.21. The Kier molecular flexibility index (Phi) is 3.12. The lowest BCUT2D eigenvalue weighted by Crippen LogP contribution is -1.85. The summed E-state index contributed by atoms with van der Waals surface area (Å²) < 4.78 is 12.7. The molecule has 3 heteroatoms. The molecule has 0 aliphatic rings. The molecule has 0 fully saturated rings. The second-order valence-corrected chi connectivity index (χ2v) is 3.04. The Bertz CT molecular complexity index is 307. The van der Waals surface area contributed by atoms with Crippen LogP contribution in [-0.2, 0) is 0 Å². The van der Waals surface area contributed by atoms with E-state index in [2.05, 4.69) is 6.58 Å². The van der Waals surface area contributed by atoms with Crippen LogP contribution in [0.4, 0.5) is 4.39 Å². The summed E-state index contributed by atoms with van der Waals surface area (Å²) in [6, 6.07) is 4.42. The van der Waals surface area contributed by atoms with Crippen molar-refractivity contribution in [3.8, 4) is 0 Å². The van der Waals surface area contributed by atoms with Crippen molar-refractivity contribution < 1.29 is 4.39 Å². The minimum absolute atomic E-state index is 0.0961. The van der Waals surface area contributed by atoms with Gasteiger partial charge >= 0.3 is 0 Å². The fraction of sp³-hybridized carbons (Fsp3) is 0.111. The maximum Gasteiger partial charge on any atom is 0.141 e. The van der Waals surface area contributed by atoms with Gasteiger partial charge in [-0.1, -0.05) is 24.2 Å². The number of hydrogen-bond acceptors (Lipinski definition) is 0. The zero-order chi connectivity index (χ0) is 9.14. The molecule has 64 valence electrons. The third kappa shape index (κ3) is 1.99. The van der Waals surface area contributed by atoms with Crippen molar-refractivity contribution in [2.45, 2.75) is 0 Å². The number of allylic oxidation sites excluding steroid dienone is 1. The standard InChI is InChI=1S/C9H7Cl2F/c1-6(5-10)7-2-3-9(12)8(11)4-7/h2-4H,1,5H2. The predicted molar refractivity (Wildman–Crippen MR) is 51.2 cm³/mol. The van der Waals surface area contributed by atoms with Gasteiger partial charge in [-0.3, -0.25) is 0 Å². The minimum atomic E-state index is -0.428. The molecule has 0 amide bonds. The second kappa shape index (κ2) is 3.92. The first-order chi connectivity index (χ1) is 5.65. The molecule has 1 aromatic rings. The largest absolute Gasteiger partial charge is 0.205 e. The maximum absolute atomic E-state index is 12.7. The molecular weight excluding hydrogens is 198 g/mol. The normalized spacial score (nSPS) is 9.92. The van der Waals surface area contributed by atoms with Crippen LogP contribution in [0.15, 0.2) is 24.8 Å². The Labute approximate surface area is 80.6 Å². The fourth-order valence-corrected chi connectivity index (χ4v) is 1.13. The number of rotatable bonds is 2. The molecule has 1 rings (SSSR count). The molecule has 0 aromatic heterocycles. The smallest absolute Gasteiger partial charge is 0.141 e. The lowest BCUT2D eigenvalue weighted by molar-refractivity contribution is 0.628. The lowest BCUT2D eigenvalue weighted by Gasteiger charge is -2.02. The van der Waals surface area contributed by atoms with Gasteiger partial charge in [0.25, 0.3) is 0 Å². The van der Waals surface area contributed by atoms with Gasteiger partial charge in [0.1, 0.15) is 5.82 Å². The molecule has 0 spiro atoms. The van der Waals surface area contributed by atoms with Gasteiger partial charge < -0.3 is 0 Å². The van der Waals surface area contributed by atoms with E-state index in [1.165, 1.54) is 12.1 Å². The molecule has 12 heavy (non-hydrogen) atoms. The van der Waals surface area contributed by atoms with Gasteiger partial charge in [-0.2, -0.15) is 0 Å². The maximum atomic E-state index is 12.7. The van der Waals surface area contributed by atoms with Gasteiger partial charge in [0.2, 0.25) is 0 Å². The van der Waals surface area contributed by atoms with Crippen LogP contribution >= 0.6 is 23.2 Å². The Morgan fingerprint density at radius 1 is 1.50 bits per heavy atom. The van der Waals surface area contributed by atoms with E-state index in [1.807, 2.05) is 0 Å². The summed E-state index contributed by atoms with van der Waals surface area (Å²) in [7, 11) is 0. The molecule has 0 aliphatic carbocycles. The van der Waals surface area contributed by atoms with Crippen LogP contribution in [0.5, 0.6) is 0 Å². The van der Waals surface area contributed by atoms with E-state index in [4.69, 9.17) is 23.2 Å². The van der Waals surface area contributed by atoms with Gasteiger partial charge in [0, 0.05) is 5.88 Å². The van der Waals surface area contributed by atoms with Crippen LogP contribution in [0.25, 0.3) is 5.57 Å². The summed E-state index contributed by atoms with van der Waals surface area (Å²) in [4.78, 5) is 0. The molecule has 0 saturated carbocycles. The molecule has 0 aliphatic heterocycles. The van der Waals surface area contributed by atoms with E-state index >= 15 is 0 Å². The Morgan fingerprint density at radius 3 is 2.67 bits per heavy atom. The van der Waals surface area contributed by atoms with Gasteiger partial charge in [0.05, 0.1) is 5.02 Å². The zero-order valence-corrected chi connectivity index (χ0v) is 7.79. The molecule has 0 radical (unpaired) electrons. The number of hydrogen-bond donors (Lipinski definition) is 0. The molecule has 1 aromatic carbocycles. The Hall–Kier alpha value is -0.530. The van der Waals surface area contributed by atoms with E-state index in [9.17, 15) is 4.39 Å². The molecule has 0 N–H and O–H groups in total. The molecular formula is C9H7Cl2F. The fourth-order valence-electron chi connectivity index (χ4n) is 0.793. The van der Waals surface area contributed by atoms with Crippen molar-refractivity contribution in [2.24, 2.45) is 0 Å². The average molecular weight is 205 g/mol. The van der Waals surface area contributed by atoms with Crippen molar-refractivity contribution in [2.75, 3.05) is 5.88 Å². The van der Waals surface area contributed by atoms with Gasteiger partial charge in [-0.05, 0) is 23.3 Å². The van der Waals surface area contributed by atoms with E-state index < -0.39 is 5.82 Å². The van der Waals surface area contributed by atoms with Crippen molar-refractivity contribution in [3.05, 3.63) is 41.2 Å². The minimum Gasteiger partial charge on any atom is -0.205 e. The lowest BCUT2D eigenvalue weighted by atomic mass is 10.1. The van der Waals surface area contributed by atoms with Crippen LogP contribution in [-0.4, -0.2) is 5.88 Å². The van der Waals surface area contributed by atoms with Crippen molar-refractivity contribution in [1.82, 2.24) is 0 Å². The number of halogens is 3. The summed E-state index contributed by atoms with van der Waals surface area (Å²) in [6.45, 7) is 3.70. The Morgan fingerprint density at radius 2 is 2.17 bits per heavy atom. The van der Waals surface area contributed by atoms with Crippen LogP contribution in [0.1, 0.15) is 5.56 Å². The van der Waals surface area contributed by atoms with E-state index in [0.29, 0.717) is 5.88 Å². The van der Waals surface area contributed by atoms with Crippen LogP contribution in [0, 0.1) is 5.82 Å². The van der Waals surface area contributed by atoms with Crippen LogP contribution in [0.3, 0.4) is 0 Å².